The first kappa shape index (κ1) is 18.0. The van der Waals surface area contributed by atoms with Crippen LogP contribution in [0.1, 0.15) is 20.8 Å². The molecule has 0 aliphatic heterocycles. The molecule has 0 radical (unpaired) electrons. The lowest BCUT2D eigenvalue weighted by molar-refractivity contribution is -0.115. The average Bonchev–Trinajstić information content (AvgIpc) is 2.88. The van der Waals surface area contributed by atoms with Gasteiger partial charge in [-0.25, -0.2) is 4.39 Å². The summed E-state index contributed by atoms with van der Waals surface area (Å²) in [6.07, 6.45) is 0. The van der Waals surface area contributed by atoms with Crippen LogP contribution in [0.4, 0.5) is 15.2 Å². The van der Waals surface area contributed by atoms with Crippen LogP contribution in [-0.4, -0.2) is 27.4 Å². The second-order valence-corrected chi connectivity index (χ2v) is 8.02. The molecule has 1 aromatic heterocycles. The Morgan fingerprint density at radius 1 is 1.35 bits per heavy atom. The van der Waals surface area contributed by atoms with Gasteiger partial charge in [-0.15, -0.1) is 10.2 Å². The topological polar surface area (TPSA) is 66.9 Å². The maximum atomic E-state index is 13.0. The normalized spacial score (nSPS) is 12.3. The molecule has 23 heavy (non-hydrogen) atoms. The zero-order valence-electron chi connectivity index (χ0n) is 12.8. The van der Waals surface area contributed by atoms with Gasteiger partial charge in [0.2, 0.25) is 11.0 Å². The molecule has 2 aromatic rings. The number of nitrogens with one attached hydrogen (secondary N) is 2. The van der Waals surface area contributed by atoms with Gasteiger partial charge < -0.3 is 10.6 Å². The van der Waals surface area contributed by atoms with Crippen LogP contribution in [0.15, 0.2) is 22.5 Å². The Morgan fingerprint density at radius 3 is 2.74 bits per heavy atom. The minimum absolute atomic E-state index is 0.162. The number of nitrogens with zero attached hydrogens (tertiary/aromatic N) is 2. The van der Waals surface area contributed by atoms with E-state index in [9.17, 15) is 9.18 Å². The van der Waals surface area contributed by atoms with Crippen molar-refractivity contribution in [3.05, 3.63) is 29.0 Å². The molecule has 0 fully saturated rings. The number of amides is 1. The van der Waals surface area contributed by atoms with E-state index in [0.717, 1.165) is 11.2 Å². The van der Waals surface area contributed by atoms with Gasteiger partial charge in [-0.05, 0) is 39.0 Å². The molecule has 1 amide bonds. The first-order valence-electron chi connectivity index (χ1n) is 6.87. The quantitative estimate of drug-likeness (QED) is 0.739. The van der Waals surface area contributed by atoms with Gasteiger partial charge in [0.05, 0.1) is 16.0 Å². The number of hydrogen-bond donors (Lipinski definition) is 2. The van der Waals surface area contributed by atoms with E-state index in [1.807, 2.05) is 13.8 Å². The third-order valence-corrected chi connectivity index (χ3v) is 5.01. The molecule has 0 saturated carbocycles. The largest absolute Gasteiger partial charge is 0.358 e. The Balaban J connectivity index is 1.95. The molecule has 1 heterocycles. The summed E-state index contributed by atoms with van der Waals surface area (Å²) in [5, 5.41) is 14.4. The summed E-state index contributed by atoms with van der Waals surface area (Å²) in [7, 11) is 0. The van der Waals surface area contributed by atoms with Gasteiger partial charge in [0.15, 0.2) is 4.34 Å². The van der Waals surface area contributed by atoms with Gasteiger partial charge in [-0.3, -0.25) is 4.79 Å². The fourth-order valence-corrected chi connectivity index (χ4v) is 3.85. The van der Waals surface area contributed by atoms with Crippen molar-refractivity contribution in [3.8, 4) is 0 Å². The maximum Gasteiger partial charge on any atom is 0.237 e. The number of carbonyl (C=O) groups excluding carboxylic acids is 1. The van der Waals surface area contributed by atoms with E-state index in [4.69, 9.17) is 11.6 Å². The number of rotatable bonds is 6. The highest BCUT2D eigenvalue weighted by atomic mass is 35.5. The molecule has 2 rings (SSSR count). The Labute approximate surface area is 147 Å². The van der Waals surface area contributed by atoms with E-state index in [0.29, 0.717) is 10.0 Å². The number of benzene rings is 1. The molecule has 0 saturated heterocycles. The van der Waals surface area contributed by atoms with Crippen LogP contribution in [0.5, 0.6) is 0 Å². The number of halogens is 2. The van der Waals surface area contributed by atoms with Crippen molar-refractivity contribution in [3.63, 3.8) is 0 Å². The second-order valence-electron chi connectivity index (χ2n) is 5.05. The van der Waals surface area contributed by atoms with Gasteiger partial charge in [-0.2, -0.15) is 0 Å². The predicted octanol–water partition coefficient (Wildman–Crippen LogP) is 4.27. The maximum absolute atomic E-state index is 13.0. The van der Waals surface area contributed by atoms with Crippen LogP contribution in [-0.2, 0) is 4.79 Å². The number of carbonyl (C=O) groups is 1. The van der Waals surface area contributed by atoms with Crippen LogP contribution in [0.25, 0.3) is 0 Å². The lowest BCUT2D eigenvalue weighted by atomic mass is 10.3. The molecule has 0 bridgehead atoms. The Hall–Kier alpha value is -1.38. The lowest BCUT2D eigenvalue weighted by Gasteiger charge is -2.11. The molecule has 2 N–H and O–H groups in total. The van der Waals surface area contributed by atoms with Gasteiger partial charge >= 0.3 is 0 Å². The highest BCUT2D eigenvalue weighted by Crippen LogP contribution is 2.30. The number of aromatic nitrogens is 2. The Morgan fingerprint density at radius 2 is 2.09 bits per heavy atom. The highest BCUT2D eigenvalue weighted by molar-refractivity contribution is 8.02. The van der Waals surface area contributed by atoms with Crippen LogP contribution < -0.4 is 10.6 Å². The number of hydrogen-bond acceptors (Lipinski definition) is 6. The van der Waals surface area contributed by atoms with Crippen LogP contribution in [0.2, 0.25) is 5.02 Å². The standard InChI is InChI=1S/C14H16ClFN4OS2/c1-7(2)17-13-19-20-14(23-13)22-8(3)12(21)18-11-5-4-9(16)6-10(11)15/h4-8H,1-3H3,(H,17,19)(H,18,21). The summed E-state index contributed by atoms with van der Waals surface area (Å²) < 4.78 is 13.7. The van der Waals surface area contributed by atoms with Crippen LogP contribution in [0, 0.1) is 5.82 Å². The fraction of sp³-hybridized carbons (Fsp3) is 0.357. The smallest absolute Gasteiger partial charge is 0.237 e. The summed E-state index contributed by atoms with van der Waals surface area (Å²) in [6, 6.07) is 4.10. The first-order valence-corrected chi connectivity index (χ1v) is 8.95. The van der Waals surface area contributed by atoms with E-state index >= 15 is 0 Å². The van der Waals surface area contributed by atoms with Gasteiger partial charge in [0.1, 0.15) is 5.82 Å². The van der Waals surface area contributed by atoms with E-state index in [2.05, 4.69) is 20.8 Å². The minimum atomic E-state index is -0.450. The summed E-state index contributed by atoms with van der Waals surface area (Å²) in [5.74, 6) is -0.688. The number of anilines is 2. The molecule has 124 valence electrons. The van der Waals surface area contributed by atoms with Crippen molar-refractivity contribution >= 4 is 51.4 Å². The Kier molecular flexibility index (Phi) is 6.20. The second kappa shape index (κ2) is 7.94. The van der Waals surface area contributed by atoms with Crippen LogP contribution >= 0.6 is 34.7 Å². The molecule has 1 unspecified atom stereocenters. The predicted molar refractivity (Wildman–Crippen MR) is 94.0 cm³/mol. The molecule has 5 nitrogen and oxygen atoms in total. The average molecular weight is 375 g/mol. The monoisotopic (exact) mass is 374 g/mol. The molecule has 0 aliphatic rings. The summed E-state index contributed by atoms with van der Waals surface area (Å²) in [4.78, 5) is 12.2. The van der Waals surface area contributed by atoms with E-state index in [-0.39, 0.29) is 17.0 Å². The SMILES string of the molecule is CC(C)Nc1nnc(SC(C)C(=O)Nc2ccc(F)cc2Cl)s1. The van der Waals surface area contributed by atoms with Gasteiger partial charge in [0.25, 0.3) is 0 Å². The number of thioether (sulfide) groups is 1. The van der Waals surface area contributed by atoms with Crippen molar-refractivity contribution in [2.24, 2.45) is 0 Å². The van der Waals surface area contributed by atoms with Gasteiger partial charge in [-0.1, -0.05) is 34.7 Å². The van der Waals surface area contributed by atoms with Crippen molar-refractivity contribution in [2.45, 2.75) is 36.4 Å². The van der Waals surface area contributed by atoms with E-state index < -0.39 is 11.1 Å². The summed E-state index contributed by atoms with van der Waals surface area (Å²) in [6.45, 7) is 5.78. The molecule has 9 heteroatoms. The highest BCUT2D eigenvalue weighted by Gasteiger charge is 2.18. The first-order chi connectivity index (χ1) is 10.8. The minimum Gasteiger partial charge on any atom is -0.358 e. The Bertz CT molecular complexity index is 695. The zero-order chi connectivity index (χ0) is 17.0. The van der Waals surface area contributed by atoms with Crippen molar-refractivity contribution in [2.75, 3.05) is 10.6 Å². The molecule has 1 atom stereocenters. The third-order valence-electron chi connectivity index (χ3n) is 2.65. The zero-order valence-corrected chi connectivity index (χ0v) is 15.2. The van der Waals surface area contributed by atoms with Gasteiger partial charge in [0, 0.05) is 6.04 Å². The van der Waals surface area contributed by atoms with Crippen molar-refractivity contribution in [1.29, 1.82) is 0 Å². The molecular weight excluding hydrogens is 359 g/mol. The van der Waals surface area contributed by atoms with Crippen molar-refractivity contribution < 1.29 is 9.18 Å². The van der Waals surface area contributed by atoms with Crippen LogP contribution in [0.3, 0.4) is 0 Å². The molecular formula is C14H16ClFN4OS2. The fourth-order valence-electron chi connectivity index (χ4n) is 1.59. The summed E-state index contributed by atoms with van der Waals surface area (Å²) >= 11 is 8.60. The molecule has 1 aromatic carbocycles. The summed E-state index contributed by atoms with van der Waals surface area (Å²) in [5.41, 5.74) is 0.380. The lowest BCUT2D eigenvalue weighted by Crippen LogP contribution is -2.22. The molecule has 0 aliphatic carbocycles. The van der Waals surface area contributed by atoms with E-state index in [1.54, 1.807) is 6.92 Å². The molecule has 0 spiro atoms. The van der Waals surface area contributed by atoms with E-state index in [1.165, 1.54) is 35.2 Å². The third kappa shape index (κ3) is 5.33. The van der Waals surface area contributed by atoms with Crippen molar-refractivity contribution in [1.82, 2.24) is 10.2 Å².